The summed E-state index contributed by atoms with van der Waals surface area (Å²) in [5.41, 5.74) is 2.25. The Morgan fingerprint density at radius 2 is 1.54 bits per heavy atom. The molecule has 0 atom stereocenters. The second-order valence-corrected chi connectivity index (χ2v) is 12.7. The number of anilines is 2. The molecular weight excluding hydrogens is 561 g/mol. The summed E-state index contributed by atoms with van der Waals surface area (Å²) in [5.74, 6) is 0. The number of imide groups is 1. The molecule has 0 saturated carbocycles. The third kappa shape index (κ3) is 8.61. The van der Waals surface area contributed by atoms with E-state index < -0.39 is 27.7 Å². The number of rotatable bonds is 7. The summed E-state index contributed by atoms with van der Waals surface area (Å²) >= 11 is 12.4. The first-order valence-electron chi connectivity index (χ1n) is 12.0. The molecule has 8 nitrogen and oxygen atoms in total. The first-order chi connectivity index (χ1) is 18.1. The highest BCUT2D eigenvalue weighted by molar-refractivity contribution is 7.92. The molecule has 3 amide bonds. The molecule has 0 aliphatic heterocycles. The fourth-order valence-corrected chi connectivity index (χ4v) is 4.80. The highest BCUT2D eigenvalue weighted by atomic mass is 35.5. The second kappa shape index (κ2) is 12.3. The minimum atomic E-state index is -3.69. The Bertz CT molecular complexity index is 1440. The van der Waals surface area contributed by atoms with Gasteiger partial charge < -0.3 is 10.1 Å². The largest absolute Gasteiger partial charge is 0.443 e. The number of sulfonamides is 1. The van der Waals surface area contributed by atoms with Gasteiger partial charge in [-0.3, -0.25) is 4.31 Å². The summed E-state index contributed by atoms with van der Waals surface area (Å²) in [5, 5.41) is 3.28. The zero-order valence-electron chi connectivity index (χ0n) is 22.4. The topological polar surface area (TPSA) is 96.0 Å². The first-order valence-corrected chi connectivity index (χ1v) is 14.6. The standard InChI is InChI=1S/C28H31Cl2N3O5S/c1-19-9-11-20(12-10-19)17-32(27(35)38-28(2,3)4)26(34)31-22-13-15-23(16-14-22)33(39(5,36)37)18-21-7-6-8-24(29)25(21)30/h6-16H,17-18H2,1-5H3,(H,31,34). The molecular formula is C28H31Cl2N3O5S. The molecule has 208 valence electrons. The minimum absolute atomic E-state index is 0.00135. The van der Waals surface area contributed by atoms with Crippen LogP contribution in [0.4, 0.5) is 21.0 Å². The van der Waals surface area contributed by atoms with Gasteiger partial charge in [-0.15, -0.1) is 0 Å². The summed E-state index contributed by atoms with van der Waals surface area (Å²) in [6, 6.07) is 18.0. The molecule has 0 heterocycles. The van der Waals surface area contributed by atoms with Crippen molar-refractivity contribution >= 4 is 56.7 Å². The van der Waals surface area contributed by atoms with E-state index in [4.69, 9.17) is 27.9 Å². The van der Waals surface area contributed by atoms with Gasteiger partial charge >= 0.3 is 12.1 Å². The number of benzene rings is 3. The molecule has 3 rings (SSSR count). The number of ether oxygens (including phenoxy) is 1. The van der Waals surface area contributed by atoms with Crippen LogP contribution in [-0.2, 0) is 27.8 Å². The van der Waals surface area contributed by atoms with Gasteiger partial charge in [0.05, 0.1) is 35.1 Å². The van der Waals surface area contributed by atoms with Gasteiger partial charge in [-0.1, -0.05) is 65.2 Å². The number of hydrogen-bond donors (Lipinski definition) is 1. The van der Waals surface area contributed by atoms with Crippen molar-refractivity contribution in [3.63, 3.8) is 0 Å². The van der Waals surface area contributed by atoms with E-state index in [0.717, 1.165) is 22.3 Å². The van der Waals surface area contributed by atoms with Gasteiger partial charge in [0.25, 0.3) is 0 Å². The predicted octanol–water partition coefficient (Wildman–Crippen LogP) is 7.24. The van der Waals surface area contributed by atoms with Crippen LogP contribution in [0, 0.1) is 6.92 Å². The summed E-state index contributed by atoms with van der Waals surface area (Å²) < 4.78 is 31.8. The average Bonchev–Trinajstić information content (AvgIpc) is 2.83. The van der Waals surface area contributed by atoms with Crippen molar-refractivity contribution < 1.29 is 22.7 Å². The summed E-state index contributed by atoms with van der Waals surface area (Å²) in [6.45, 7) is 7.07. The Labute approximate surface area is 239 Å². The molecule has 0 aromatic heterocycles. The van der Waals surface area contributed by atoms with E-state index in [2.05, 4.69) is 5.32 Å². The Kier molecular flexibility index (Phi) is 9.53. The van der Waals surface area contributed by atoms with Crippen LogP contribution in [0.25, 0.3) is 0 Å². The monoisotopic (exact) mass is 591 g/mol. The molecule has 0 aliphatic rings. The Hall–Kier alpha value is -3.27. The third-order valence-corrected chi connectivity index (χ3v) is 7.47. The second-order valence-electron chi connectivity index (χ2n) is 10.0. The lowest BCUT2D eigenvalue weighted by Gasteiger charge is -2.26. The fraction of sp³-hybridized carbons (Fsp3) is 0.286. The number of carbonyl (C=O) groups is 2. The van der Waals surface area contributed by atoms with Crippen molar-refractivity contribution in [2.75, 3.05) is 15.9 Å². The zero-order chi connectivity index (χ0) is 29.0. The van der Waals surface area contributed by atoms with E-state index in [1.165, 1.54) is 4.31 Å². The number of nitrogens with one attached hydrogen (secondary N) is 1. The van der Waals surface area contributed by atoms with Crippen molar-refractivity contribution in [2.24, 2.45) is 0 Å². The van der Waals surface area contributed by atoms with Crippen molar-refractivity contribution in [1.29, 1.82) is 0 Å². The van der Waals surface area contributed by atoms with Crippen LogP contribution in [0.2, 0.25) is 10.0 Å². The molecule has 0 spiro atoms. The minimum Gasteiger partial charge on any atom is -0.443 e. The van der Waals surface area contributed by atoms with E-state index in [1.807, 2.05) is 31.2 Å². The number of urea groups is 1. The van der Waals surface area contributed by atoms with Crippen LogP contribution < -0.4 is 9.62 Å². The molecule has 0 radical (unpaired) electrons. The van der Waals surface area contributed by atoms with Crippen molar-refractivity contribution in [3.8, 4) is 0 Å². The molecule has 0 aliphatic carbocycles. The van der Waals surface area contributed by atoms with Gasteiger partial charge in [0.1, 0.15) is 5.60 Å². The van der Waals surface area contributed by atoms with E-state index in [-0.39, 0.29) is 18.1 Å². The summed E-state index contributed by atoms with van der Waals surface area (Å²) in [4.78, 5) is 27.1. The van der Waals surface area contributed by atoms with E-state index in [0.29, 0.717) is 22.0 Å². The van der Waals surface area contributed by atoms with Crippen LogP contribution in [0.15, 0.2) is 66.7 Å². The van der Waals surface area contributed by atoms with Gasteiger partial charge in [0, 0.05) is 5.69 Å². The molecule has 3 aromatic carbocycles. The van der Waals surface area contributed by atoms with E-state index >= 15 is 0 Å². The zero-order valence-corrected chi connectivity index (χ0v) is 24.7. The smallest absolute Gasteiger partial charge is 0.418 e. The molecule has 11 heteroatoms. The lowest BCUT2D eigenvalue weighted by molar-refractivity contribution is 0.0320. The van der Waals surface area contributed by atoms with Crippen LogP contribution in [0.5, 0.6) is 0 Å². The maximum Gasteiger partial charge on any atom is 0.418 e. The number of hydrogen-bond acceptors (Lipinski definition) is 5. The van der Waals surface area contributed by atoms with Gasteiger partial charge in [-0.05, 0) is 69.2 Å². The van der Waals surface area contributed by atoms with E-state index in [1.54, 1.807) is 63.2 Å². The van der Waals surface area contributed by atoms with Crippen LogP contribution >= 0.6 is 23.2 Å². The van der Waals surface area contributed by atoms with Crippen molar-refractivity contribution in [1.82, 2.24) is 4.90 Å². The van der Waals surface area contributed by atoms with Crippen LogP contribution in [-0.4, -0.2) is 37.3 Å². The Morgan fingerprint density at radius 1 is 0.923 bits per heavy atom. The first kappa shape index (κ1) is 30.3. The molecule has 0 unspecified atom stereocenters. The predicted molar refractivity (Wildman–Crippen MR) is 156 cm³/mol. The fourth-order valence-electron chi connectivity index (χ4n) is 3.54. The summed E-state index contributed by atoms with van der Waals surface area (Å²) in [6.07, 6.45) is 0.295. The van der Waals surface area contributed by atoms with Crippen LogP contribution in [0.3, 0.4) is 0 Å². The molecule has 3 aromatic rings. The Morgan fingerprint density at radius 3 is 2.10 bits per heavy atom. The van der Waals surface area contributed by atoms with Crippen molar-refractivity contribution in [2.45, 2.75) is 46.4 Å². The lowest BCUT2D eigenvalue weighted by atomic mass is 10.1. The van der Waals surface area contributed by atoms with Gasteiger partial charge in [-0.2, -0.15) is 0 Å². The normalized spacial score (nSPS) is 11.6. The number of amides is 3. The molecule has 39 heavy (non-hydrogen) atoms. The number of carbonyl (C=O) groups excluding carboxylic acids is 2. The summed E-state index contributed by atoms with van der Waals surface area (Å²) in [7, 11) is -3.69. The average molecular weight is 593 g/mol. The third-order valence-electron chi connectivity index (χ3n) is 5.47. The molecule has 0 bridgehead atoms. The number of halogens is 2. The maximum absolute atomic E-state index is 13.2. The highest BCUT2D eigenvalue weighted by Crippen LogP contribution is 2.30. The van der Waals surface area contributed by atoms with E-state index in [9.17, 15) is 18.0 Å². The lowest BCUT2D eigenvalue weighted by Crippen LogP contribution is -2.42. The van der Waals surface area contributed by atoms with Crippen LogP contribution in [0.1, 0.15) is 37.5 Å². The molecule has 1 N–H and O–H groups in total. The SMILES string of the molecule is Cc1ccc(CN(C(=O)Nc2ccc(N(Cc3cccc(Cl)c3Cl)S(C)(=O)=O)cc2)C(=O)OC(C)(C)C)cc1. The molecule has 0 saturated heterocycles. The highest BCUT2D eigenvalue weighted by Gasteiger charge is 2.28. The number of nitrogens with zero attached hydrogens (tertiary/aromatic N) is 2. The quantitative estimate of drug-likeness (QED) is 0.312. The van der Waals surface area contributed by atoms with Gasteiger partial charge in [0.15, 0.2) is 0 Å². The molecule has 0 fully saturated rings. The van der Waals surface area contributed by atoms with Gasteiger partial charge in [0.2, 0.25) is 10.0 Å². The Balaban J connectivity index is 1.82. The maximum atomic E-state index is 13.2. The van der Waals surface area contributed by atoms with Crippen molar-refractivity contribution in [3.05, 3.63) is 93.5 Å². The van der Waals surface area contributed by atoms with Gasteiger partial charge in [-0.25, -0.2) is 22.9 Å². The number of aryl methyl sites for hydroxylation is 1.